The standard InChI is InChI=1S/C72H42N4/c1-5-19-56-48(14-1)49-15-2-6-20-57(49)72(56)61-23-9-12-27-68(61)76-66-31-29-44(38-54(66)55-40-47(41-63(72)70(55)76)43-32-35-73-36-33-43)45-34-37-74-64(42-45)46-28-30-59-53(39-46)50-16-3-7-21-58(50)71(59)60-22-8-11-26-67(60)75-65-25-10-4-17-51(65)52-18-13-24-62(71)69(52)75/h1-42H. The Hall–Kier alpha value is -9.90. The number of benzene rings is 10. The quantitative estimate of drug-likeness (QED) is 0.177. The van der Waals surface area contributed by atoms with Crippen LogP contribution in [0.2, 0.25) is 0 Å². The van der Waals surface area contributed by atoms with Crippen molar-refractivity contribution < 1.29 is 0 Å². The van der Waals surface area contributed by atoms with Crippen molar-refractivity contribution in [2.45, 2.75) is 10.8 Å². The molecule has 0 saturated carbocycles. The summed E-state index contributed by atoms with van der Waals surface area (Å²) in [6.45, 7) is 0. The molecular weight excluding hydrogens is 921 g/mol. The summed E-state index contributed by atoms with van der Waals surface area (Å²) in [7, 11) is 0. The molecule has 76 heavy (non-hydrogen) atoms. The van der Waals surface area contributed by atoms with E-state index in [2.05, 4.69) is 251 Å². The number of rotatable bonds is 3. The molecule has 1 unspecified atom stereocenters. The maximum absolute atomic E-state index is 5.13. The highest BCUT2D eigenvalue weighted by Gasteiger charge is 2.52. The molecule has 0 fully saturated rings. The first kappa shape index (κ1) is 40.6. The predicted octanol–water partition coefficient (Wildman–Crippen LogP) is 17.0. The Kier molecular flexibility index (Phi) is 7.71. The number of hydrogen-bond acceptors (Lipinski definition) is 2. The molecule has 6 heterocycles. The maximum atomic E-state index is 5.13. The summed E-state index contributed by atoms with van der Waals surface area (Å²) in [5.74, 6) is 0. The van der Waals surface area contributed by atoms with E-state index in [1.54, 1.807) is 0 Å². The fraction of sp³-hybridized carbons (Fsp3) is 0.0278. The summed E-state index contributed by atoms with van der Waals surface area (Å²) in [6, 6.07) is 89.1. The van der Waals surface area contributed by atoms with Crippen molar-refractivity contribution in [2.24, 2.45) is 0 Å². The topological polar surface area (TPSA) is 35.6 Å². The van der Waals surface area contributed by atoms with Crippen LogP contribution in [0.4, 0.5) is 0 Å². The van der Waals surface area contributed by atoms with Gasteiger partial charge in [0.15, 0.2) is 0 Å². The summed E-state index contributed by atoms with van der Waals surface area (Å²) in [5, 5.41) is 5.02. The third-order valence-corrected chi connectivity index (χ3v) is 17.9. The fourth-order valence-corrected chi connectivity index (χ4v) is 15.0. The molecule has 10 aromatic carbocycles. The third kappa shape index (κ3) is 4.82. The molecule has 0 saturated heterocycles. The van der Waals surface area contributed by atoms with Crippen LogP contribution in [0.1, 0.15) is 44.5 Å². The van der Waals surface area contributed by atoms with Crippen LogP contribution < -0.4 is 0 Å². The highest BCUT2D eigenvalue weighted by Crippen LogP contribution is 2.63. The summed E-state index contributed by atoms with van der Waals surface area (Å²) in [6.07, 6.45) is 5.80. The van der Waals surface area contributed by atoms with E-state index in [0.717, 1.165) is 27.9 Å². The second kappa shape index (κ2) is 14.4. The highest BCUT2D eigenvalue weighted by molar-refractivity contribution is 6.16. The van der Waals surface area contributed by atoms with E-state index in [1.165, 1.54) is 127 Å². The van der Waals surface area contributed by atoms with E-state index >= 15 is 0 Å². The van der Waals surface area contributed by atoms with Crippen molar-refractivity contribution >= 4 is 43.6 Å². The first-order valence-corrected chi connectivity index (χ1v) is 26.4. The van der Waals surface area contributed by atoms with Crippen LogP contribution in [0.3, 0.4) is 0 Å². The van der Waals surface area contributed by atoms with Crippen molar-refractivity contribution in [2.75, 3.05) is 0 Å². The monoisotopic (exact) mass is 962 g/mol. The Morgan fingerprint density at radius 2 is 0.789 bits per heavy atom. The number of hydrogen-bond donors (Lipinski definition) is 0. The SMILES string of the molecule is c1ccc2c(c1)-c1cc(-c3cc(-c4ccc5c(c4)c4cc(-c6ccncc6)cc6c4n5-c4ccccc4C64c5ccccc5-c5ccccc54)ccn3)ccc1C21c2ccccc2-n2c3ccccc3c3cccc1c32. The second-order valence-corrected chi connectivity index (χ2v) is 21.1. The molecule has 4 nitrogen and oxygen atoms in total. The van der Waals surface area contributed by atoms with Gasteiger partial charge in [-0.3, -0.25) is 9.97 Å². The van der Waals surface area contributed by atoms with Crippen LogP contribution in [0, 0.1) is 0 Å². The van der Waals surface area contributed by atoms with Crippen LogP contribution in [0.15, 0.2) is 255 Å². The van der Waals surface area contributed by atoms with Gasteiger partial charge in [0.2, 0.25) is 0 Å². The van der Waals surface area contributed by atoms with Crippen molar-refractivity contribution in [1.82, 2.24) is 19.1 Å². The summed E-state index contributed by atoms with van der Waals surface area (Å²) in [4.78, 5) is 9.57. The Balaban J connectivity index is 0.835. The van der Waals surface area contributed by atoms with E-state index in [-0.39, 0.29) is 0 Å². The Labute approximate surface area is 438 Å². The summed E-state index contributed by atoms with van der Waals surface area (Å²) >= 11 is 0. The van der Waals surface area contributed by atoms with E-state index in [1.807, 2.05) is 18.6 Å². The Bertz CT molecular complexity index is 4850. The van der Waals surface area contributed by atoms with Crippen molar-refractivity contribution in [3.05, 3.63) is 300 Å². The van der Waals surface area contributed by atoms with Crippen LogP contribution >= 0.6 is 0 Å². The average Bonchev–Trinajstić information content (AvgIpc) is 4.36. The molecule has 350 valence electrons. The number of fused-ring (bicyclic) bond motifs is 24. The normalized spacial score (nSPS) is 15.5. The predicted molar refractivity (Wildman–Crippen MR) is 309 cm³/mol. The minimum Gasteiger partial charge on any atom is -0.309 e. The number of aromatic nitrogens is 4. The van der Waals surface area contributed by atoms with Crippen molar-refractivity contribution in [1.29, 1.82) is 0 Å². The molecule has 0 N–H and O–H groups in total. The smallest absolute Gasteiger partial charge is 0.0754 e. The van der Waals surface area contributed by atoms with E-state index < -0.39 is 10.8 Å². The molecule has 2 spiro atoms. The lowest BCUT2D eigenvalue weighted by Gasteiger charge is -2.39. The molecule has 2 aliphatic carbocycles. The summed E-state index contributed by atoms with van der Waals surface area (Å²) in [5.41, 5.74) is 28.6. The number of pyridine rings is 2. The molecule has 4 heteroatoms. The van der Waals surface area contributed by atoms with Gasteiger partial charge in [-0.25, -0.2) is 0 Å². The molecular formula is C72H42N4. The van der Waals surface area contributed by atoms with Gasteiger partial charge < -0.3 is 9.13 Å². The molecule has 0 radical (unpaired) electrons. The zero-order valence-corrected chi connectivity index (χ0v) is 41.0. The van der Waals surface area contributed by atoms with E-state index in [9.17, 15) is 0 Å². The zero-order chi connectivity index (χ0) is 49.4. The van der Waals surface area contributed by atoms with Gasteiger partial charge in [0.1, 0.15) is 0 Å². The summed E-state index contributed by atoms with van der Waals surface area (Å²) < 4.78 is 5.05. The lowest BCUT2D eigenvalue weighted by Crippen LogP contribution is -2.33. The van der Waals surface area contributed by atoms with Gasteiger partial charge in [-0.15, -0.1) is 0 Å². The second-order valence-electron chi connectivity index (χ2n) is 21.1. The van der Waals surface area contributed by atoms with Gasteiger partial charge in [0.25, 0.3) is 0 Å². The van der Waals surface area contributed by atoms with Crippen LogP contribution in [0.5, 0.6) is 0 Å². The van der Waals surface area contributed by atoms with Crippen molar-refractivity contribution in [3.8, 4) is 67.1 Å². The molecule has 14 aromatic rings. The fourth-order valence-electron chi connectivity index (χ4n) is 15.0. The average molecular weight is 963 g/mol. The Morgan fingerprint density at radius 3 is 1.51 bits per heavy atom. The lowest BCUT2D eigenvalue weighted by atomic mass is 9.65. The minimum absolute atomic E-state index is 0.502. The molecule has 0 bridgehead atoms. The maximum Gasteiger partial charge on any atom is 0.0754 e. The van der Waals surface area contributed by atoms with Gasteiger partial charge in [-0.05, 0) is 162 Å². The molecule has 18 rings (SSSR count). The first-order valence-electron chi connectivity index (χ1n) is 26.4. The van der Waals surface area contributed by atoms with Crippen LogP contribution in [0.25, 0.3) is 111 Å². The molecule has 0 amide bonds. The minimum atomic E-state index is -0.526. The Morgan fingerprint density at radius 1 is 0.276 bits per heavy atom. The van der Waals surface area contributed by atoms with Gasteiger partial charge in [0, 0.05) is 45.7 Å². The largest absolute Gasteiger partial charge is 0.309 e. The van der Waals surface area contributed by atoms with Gasteiger partial charge in [-0.2, -0.15) is 0 Å². The third-order valence-electron chi connectivity index (χ3n) is 17.9. The van der Waals surface area contributed by atoms with E-state index in [4.69, 9.17) is 4.98 Å². The van der Waals surface area contributed by atoms with Gasteiger partial charge >= 0.3 is 0 Å². The van der Waals surface area contributed by atoms with Crippen LogP contribution in [-0.2, 0) is 10.8 Å². The number of para-hydroxylation sites is 4. The highest BCUT2D eigenvalue weighted by atomic mass is 15.0. The van der Waals surface area contributed by atoms with Crippen molar-refractivity contribution in [3.63, 3.8) is 0 Å². The van der Waals surface area contributed by atoms with Crippen LogP contribution in [-0.4, -0.2) is 19.1 Å². The lowest BCUT2D eigenvalue weighted by molar-refractivity contribution is 0.748. The van der Waals surface area contributed by atoms with Gasteiger partial charge in [0.05, 0.1) is 50.0 Å². The molecule has 4 aromatic heterocycles. The molecule has 1 atom stereocenters. The molecule has 4 aliphatic rings. The van der Waals surface area contributed by atoms with E-state index in [0.29, 0.717) is 0 Å². The number of nitrogens with zero attached hydrogens (tertiary/aromatic N) is 4. The van der Waals surface area contributed by atoms with Gasteiger partial charge in [-0.1, -0.05) is 164 Å². The molecule has 2 aliphatic heterocycles. The zero-order valence-electron chi connectivity index (χ0n) is 41.0. The first-order chi connectivity index (χ1) is 37.7.